The molecular weight excluding hydrogens is 688 g/mol. The van der Waals surface area contributed by atoms with E-state index >= 15 is 0 Å². The molecule has 13 nitrogen and oxygen atoms in total. The molecule has 0 aliphatic heterocycles. The first-order chi connectivity index (χ1) is 26.4. The summed E-state index contributed by atoms with van der Waals surface area (Å²) in [6.45, 7) is 19.3. The van der Waals surface area contributed by atoms with E-state index in [1.807, 2.05) is 0 Å². The van der Waals surface area contributed by atoms with Crippen molar-refractivity contribution in [3.8, 4) is 0 Å². The minimum atomic E-state index is 0.517. The first kappa shape index (κ1) is 52.5. The Balaban J connectivity index is 3.05. The molecule has 0 N–H and O–H groups in total. The van der Waals surface area contributed by atoms with Crippen LogP contribution in [-0.4, -0.2) is 172 Å². The molecule has 53 heavy (non-hydrogen) atoms. The molecular formula is C40H82O13. The van der Waals surface area contributed by atoms with Gasteiger partial charge < -0.3 is 61.6 Å². The van der Waals surface area contributed by atoms with Crippen LogP contribution in [0.25, 0.3) is 0 Å². The first-order valence-electron chi connectivity index (χ1n) is 20.9. The van der Waals surface area contributed by atoms with Crippen LogP contribution in [0.3, 0.4) is 0 Å². The molecule has 0 aromatic heterocycles. The van der Waals surface area contributed by atoms with Crippen LogP contribution in [0.5, 0.6) is 0 Å². The minimum absolute atomic E-state index is 0.517. The molecule has 0 saturated carbocycles. The highest BCUT2D eigenvalue weighted by atomic mass is 16.6. The third kappa shape index (κ3) is 51.5. The van der Waals surface area contributed by atoms with Gasteiger partial charge in [0.1, 0.15) is 0 Å². The monoisotopic (exact) mass is 771 g/mol. The molecule has 0 aromatic rings. The van der Waals surface area contributed by atoms with E-state index in [0.29, 0.717) is 159 Å². The summed E-state index contributed by atoms with van der Waals surface area (Å²) < 4.78 is 71.8. The van der Waals surface area contributed by atoms with Crippen LogP contribution in [-0.2, 0) is 61.6 Å². The van der Waals surface area contributed by atoms with Crippen LogP contribution in [0.1, 0.15) is 90.9 Å². The Morgan fingerprint density at radius 3 is 0.472 bits per heavy atom. The van der Waals surface area contributed by atoms with Gasteiger partial charge in [-0.3, -0.25) is 0 Å². The van der Waals surface area contributed by atoms with Crippen molar-refractivity contribution in [3.63, 3.8) is 0 Å². The molecule has 0 unspecified atom stereocenters. The lowest BCUT2D eigenvalue weighted by molar-refractivity contribution is -0.0290. The maximum Gasteiger partial charge on any atom is 0.0701 e. The van der Waals surface area contributed by atoms with Crippen LogP contribution < -0.4 is 0 Å². The summed E-state index contributed by atoms with van der Waals surface area (Å²) in [5.74, 6) is 0. The number of ether oxygens (including phenoxy) is 13. The Labute approximate surface area is 323 Å². The zero-order valence-electron chi connectivity index (χ0n) is 34.2. The summed E-state index contributed by atoms with van der Waals surface area (Å²) in [7, 11) is 0. The maximum atomic E-state index is 5.63. The highest BCUT2D eigenvalue weighted by molar-refractivity contribution is 4.46. The van der Waals surface area contributed by atoms with Crippen LogP contribution in [0.4, 0.5) is 0 Å². The second-order valence-corrected chi connectivity index (χ2v) is 12.5. The van der Waals surface area contributed by atoms with Crippen molar-refractivity contribution in [1.29, 1.82) is 0 Å². The summed E-state index contributed by atoms with van der Waals surface area (Å²) >= 11 is 0. The Hall–Kier alpha value is -0.520. The van der Waals surface area contributed by atoms with E-state index in [1.165, 1.54) is 64.2 Å². The van der Waals surface area contributed by atoms with Gasteiger partial charge in [0, 0.05) is 13.2 Å². The van der Waals surface area contributed by atoms with Crippen molar-refractivity contribution in [3.05, 3.63) is 0 Å². The molecule has 0 radical (unpaired) electrons. The fourth-order valence-corrected chi connectivity index (χ4v) is 4.71. The average molecular weight is 771 g/mol. The summed E-state index contributed by atoms with van der Waals surface area (Å²) in [5, 5.41) is 0. The second-order valence-electron chi connectivity index (χ2n) is 12.5. The Morgan fingerprint density at radius 1 is 0.151 bits per heavy atom. The lowest BCUT2D eigenvalue weighted by Gasteiger charge is -2.09. The second kappa shape index (κ2) is 51.5. The van der Waals surface area contributed by atoms with Gasteiger partial charge in [-0.25, -0.2) is 0 Å². The van der Waals surface area contributed by atoms with Gasteiger partial charge in [0.25, 0.3) is 0 Å². The smallest absolute Gasteiger partial charge is 0.0701 e. The normalized spacial score (nSPS) is 11.7. The largest absolute Gasteiger partial charge is 0.379 e. The average Bonchev–Trinajstić information content (AvgIpc) is 3.17. The van der Waals surface area contributed by atoms with E-state index in [-0.39, 0.29) is 0 Å². The molecule has 0 atom stereocenters. The maximum absolute atomic E-state index is 5.63. The van der Waals surface area contributed by atoms with Crippen molar-refractivity contribution in [2.45, 2.75) is 90.9 Å². The van der Waals surface area contributed by atoms with Crippen LogP contribution in [0.15, 0.2) is 0 Å². The molecule has 0 rings (SSSR count). The Bertz CT molecular complexity index is 571. The van der Waals surface area contributed by atoms with Gasteiger partial charge >= 0.3 is 0 Å². The minimum Gasteiger partial charge on any atom is -0.379 e. The molecule has 13 heteroatoms. The van der Waals surface area contributed by atoms with Crippen molar-refractivity contribution >= 4 is 0 Å². The fraction of sp³-hybridized carbons (Fsp3) is 1.00. The van der Waals surface area contributed by atoms with Crippen LogP contribution >= 0.6 is 0 Å². The number of hydrogen-bond donors (Lipinski definition) is 0. The summed E-state index contributed by atoms with van der Waals surface area (Å²) in [4.78, 5) is 0. The van der Waals surface area contributed by atoms with Crippen molar-refractivity contribution in [2.75, 3.05) is 172 Å². The third-order valence-corrected chi connectivity index (χ3v) is 7.75. The van der Waals surface area contributed by atoms with E-state index in [1.54, 1.807) is 0 Å². The lowest BCUT2D eigenvalue weighted by Crippen LogP contribution is -2.15. The van der Waals surface area contributed by atoms with Gasteiger partial charge in [0.2, 0.25) is 0 Å². The molecule has 0 amide bonds. The summed E-state index contributed by atoms with van der Waals surface area (Å²) in [6, 6.07) is 0. The molecule has 0 aliphatic rings. The molecule has 0 bridgehead atoms. The zero-order chi connectivity index (χ0) is 38.1. The zero-order valence-corrected chi connectivity index (χ0v) is 34.2. The Morgan fingerprint density at radius 2 is 0.283 bits per heavy atom. The highest BCUT2D eigenvalue weighted by Gasteiger charge is 1.98. The van der Waals surface area contributed by atoms with E-state index in [2.05, 4.69) is 13.8 Å². The van der Waals surface area contributed by atoms with Gasteiger partial charge in [-0.15, -0.1) is 0 Å². The molecule has 320 valence electrons. The van der Waals surface area contributed by atoms with Gasteiger partial charge in [-0.05, 0) is 12.8 Å². The summed E-state index contributed by atoms with van der Waals surface area (Å²) in [5.41, 5.74) is 0. The SMILES string of the molecule is CCCCCCCCCCOCCOCCOCCOCCOCCOCCOCCOCCOCCOCCOCCOCCOCCCCCC. The van der Waals surface area contributed by atoms with E-state index in [4.69, 9.17) is 61.6 Å². The van der Waals surface area contributed by atoms with E-state index < -0.39 is 0 Å². The molecule has 0 spiro atoms. The third-order valence-electron chi connectivity index (χ3n) is 7.75. The molecule has 0 saturated heterocycles. The molecule has 0 heterocycles. The molecule has 0 aliphatic carbocycles. The van der Waals surface area contributed by atoms with Gasteiger partial charge in [0.15, 0.2) is 0 Å². The van der Waals surface area contributed by atoms with Crippen LogP contribution in [0.2, 0.25) is 0 Å². The Kier molecular flexibility index (Phi) is 51.0. The predicted octanol–water partition coefficient (Wildman–Crippen LogP) is 5.92. The van der Waals surface area contributed by atoms with E-state index in [0.717, 1.165) is 26.1 Å². The number of unbranched alkanes of at least 4 members (excludes halogenated alkanes) is 10. The first-order valence-corrected chi connectivity index (χ1v) is 20.9. The quantitative estimate of drug-likeness (QED) is 0.0682. The van der Waals surface area contributed by atoms with Crippen molar-refractivity contribution < 1.29 is 61.6 Å². The standard InChI is InChI=1S/C40H82O13/c1-3-5-7-9-10-11-12-14-16-42-18-20-44-22-24-46-26-28-48-30-32-50-34-36-52-38-40-53-39-37-51-35-33-49-31-29-47-27-25-45-23-21-43-19-17-41-15-13-8-6-4-2/h3-40H2,1-2H3. The van der Waals surface area contributed by atoms with Gasteiger partial charge in [0.05, 0.1) is 159 Å². The fourth-order valence-electron chi connectivity index (χ4n) is 4.71. The topological polar surface area (TPSA) is 120 Å². The molecule has 0 fully saturated rings. The van der Waals surface area contributed by atoms with Gasteiger partial charge in [-0.2, -0.15) is 0 Å². The van der Waals surface area contributed by atoms with Crippen molar-refractivity contribution in [1.82, 2.24) is 0 Å². The number of hydrogen-bond acceptors (Lipinski definition) is 13. The van der Waals surface area contributed by atoms with E-state index in [9.17, 15) is 0 Å². The van der Waals surface area contributed by atoms with Crippen LogP contribution in [0, 0.1) is 0 Å². The lowest BCUT2D eigenvalue weighted by atomic mass is 10.1. The summed E-state index contributed by atoms with van der Waals surface area (Å²) in [6.07, 6.45) is 15.4. The number of rotatable bonds is 50. The molecule has 0 aromatic carbocycles. The highest BCUT2D eigenvalue weighted by Crippen LogP contribution is 2.08. The predicted molar refractivity (Wildman–Crippen MR) is 207 cm³/mol. The van der Waals surface area contributed by atoms with Crippen molar-refractivity contribution in [2.24, 2.45) is 0 Å². The van der Waals surface area contributed by atoms with Gasteiger partial charge in [-0.1, -0.05) is 78.1 Å².